The Bertz CT molecular complexity index is 870. The van der Waals surface area contributed by atoms with E-state index in [-0.39, 0.29) is 43.0 Å². The SMILES string of the molecule is Cc1nc(CN(C)C(=NCc2cccc(C(F)(F)F)c2)NCC(=O)N(C)C)cs1.I. The molecule has 2 rings (SSSR count). The number of carbonyl (C=O) groups is 1. The molecule has 0 aliphatic rings. The van der Waals surface area contributed by atoms with E-state index in [4.69, 9.17) is 0 Å². The van der Waals surface area contributed by atoms with E-state index < -0.39 is 11.7 Å². The van der Waals surface area contributed by atoms with E-state index in [1.54, 1.807) is 32.1 Å². The second kappa shape index (κ2) is 11.5. The molecule has 0 aliphatic carbocycles. The first kappa shape index (κ1) is 26.1. The summed E-state index contributed by atoms with van der Waals surface area (Å²) in [5.74, 6) is 0.262. The van der Waals surface area contributed by atoms with Gasteiger partial charge in [-0.2, -0.15) is 13.2 Å². The van der Waals surface area contributed by atoms with Crippen LogP contribution in [0.2, 0.25) is 0 Å². The fourth-order valence-corrected chi connectivity index (χ4v) is 3.04. The zero-order valence-electron chi connectivity index (χ0n) is 17.2. The Kier molecular flexibility index (Phi) is 10.0. The number of alkyl halides is 3. The molecule has 0 spiro atoms. The number of carbonyl (C=O) groups excluding carboxylic acids is 1. The summed E-state index contributed by atoms with van der Waals surface area (Å²) in [6, 6.07) is 5.05. The van der Waals surface area contributed by atoms with Crippen LogP contribution in [0, 0.1) is 6.92 Å². The number of benzene rings is 1. The van der Waals surface area contributed by atoms with Gasteiger partial charge in [0.15, 0.2) is 5.96 Å². The van der Waals surface area contributed by atoms with Gasteiger partial charge in [-0.3, -0.25) is 4.79 Å². The molecule has 11 heteroatoms. The maximum absolute atomic E-state index is 12.9. The van der Waals surface area contributed by atoms with Crippen LogP contribution in [0.25, 0.3) is 0 Å². The first-order valence-corrected chi connectivity index (χ1v) is 9.71. The lowest BCUT2D eigenvalue weighted by molar-refractivity contribution is -0.137. The van der Waals surface area contributed by atoms with Crippen molar-refractivity contribution in [2.24, 2.45) is 4.99 Å². The van der Waals surface area contributed by atoms with Crippen LogP contribution in [0.4, 0.5) is 13.2 Å². The average molecular weight is 555 g/mol. The van der Waals surface area contributed by atoms with E-state index in [2.05, 4.69) is 15.3 Å². The first-order valence-electron chi connectivity index (χ1n) is 8.83. The number of hydrogen-bond acceptors (Lipinski definition) is 4. The van der Waals surface area contributed by atoms with E-state index in [1.807, 2.05) is 12.3 Å². The summed E-state index contributed by atoms with van der Waals surface area (Å²) in [5.41, 5.74) is 0.562. The first-order chi connectivity index (χ1) is 13.6. The largest absolute Gasteiger partial charge is 0.416 e. The highest BCUT2D eigenvalue weighted by molar-refractivity contribution is 14.0. The molecule has 1 aromatic heterocycles. The molecule has 166 valence electrons. The highest BCUT2D eigenvalue weighted by atomic mass is 127. The highest BCUT2D eigenvalue weighted by Gasteiger charge is 2.30. The lowest BCUT2D eigenvalue weighted by atomic mass is 10.1. The molecule has 0 fully saturated rings. The Morgan fingerprint density at radius 3 is 2.53 bits per heavy atom. The van der Waals surface area contributed by atoms with Crippen LogP contribution < -0.4 is 5.32 Å². The number of aryl methyl sites for hydroxylation is 1. The Morgan fingerprint density at radius 2 is 1.97 bits per heavy atom. The predicted octanol–water partition coefficient (Wildman–Crippen LogP) is 3.75. The fourth-order valence-electron chi connectivity index (χ4n) is 2.44. The van der Waals surface area contributed by atoms with Crippen LogP contribution in [-0.2, 0) is 24.1 Å². The summed E-state index contributed by atoms with van der Waals surface area (Å²) in [4.78, 5) is 24.0. The Hall–Kier alpha value is -1.89. The zero-order valence-corrected chi connectivity index (χ0v) is 20.3. The second-order valence-electron chi connectivity index (χ2n) is 6.69. The molecule has 6 nitrogen and oxygen atoms in total. The van der Waals surface area contributed by atoms with E-state index in [1.165, 1.54) is 22.3 Å². The van der Waals surface area contributed by atoms with Gasteiger partial charge in [-0.25, -0.2) is 9.98 Å². The number of aliphatic imine (C=N–C) groups is 1. The molecule has 1 amide bonds. The summed E-state index contributed by atoms with van der Waals surface area (Å²) in [6.45, 7) is 2.43. The van der Waals surface area contributed by atoms with Gasteiger partial charge in [0.05, 0.1) is 35.9 Å². The van der Waals surface area contributed by atoms with Crippen LogP contribution in [0.15, 0.2) is 34.6 Å². The molecule has 0 saturated carbocycles. The third kappa shape index (κ3) is 8.09. The third-order valence-corrected chi connectivity index (χ3v) is 4.81. The van der Waals surface area contributed by atoms with Gasteiger partial charge >= 0.3 is 6.18 Å². The van der Waals surface area contributed by atoms with Crippen molar-refractivity contribution in [3.05, 3.63) is 51.5 Å². The third-order valence-electron chi connectivity index (χ3n) is 3.99. The van der Waals surface area contributed by atoms with Gasteiger partial charge in [0, 0.05) is 26.5 Å². The summed E-state index contributed by atoms with van der Waals surface area (Å²) in [5, 5.41) is 5.85. The van der Waals surface area contributed by atoms with Crippen molar-refractivity contribution >= 4 is 47.2 Å². The Morgan fingerprint density at radius 1 is 1.27 bits per heavy atom. The van der Waals surface area contributed by atoms with Crippen LogP contribution >= 0.6 is 35.3 Å². The number of thiazole rings is 1. The molecule has 0 atom stereocenters. The van der Waals surface area contributed by atoms with E-state index in [0.29, 0.717) is 18.1 Å². The minimum absolute atomic E-state index is 0. The van der Waals surface area contributed by atoms with Crippen molar-refractivity contribution in [2.75, 3.05) is 27.7 Å². The van der Waals surface area contributed by atoms with Gasteiger partial charge in [0.1, 0.15) is 0 Å². The number of halogens is 4. The maximum atomic E-state index is 12.9. The van der Waals surface area contributed by atoms with Crippen LogP contribution in [0.5, 0.6) is 0 Å². The monoisotopic (exact) mass is 555 g/mol. The summed E-state index contributed by atoms with van der Waals surface area (Å²) in [6.07, 6.45) is -4.40. The van der Waals surface area contributed by atoms with Crippen LogP contribution in [0.1, 0.15) is 21.8 Å². The minimum Gasteiger partial charge on any atom is -0.347 e. The molecule has 1 N–H and O–H groups in total. The number of nitrogens with one attached hydrogen (secondary N) is 1. The number of likely N-dealkylation sites (N-methyl/N-ethyl adjacent to an activating group) is 1. The second-order valence-corrected chi connectivity index (χ2v) is 7.76. The van der Waals surface area contributed by atoms with Gasteiger partial charge in [0.25, 0.3) is 0 Å². The van der Waals surface area contributed by atoms with Gasteiger partial charge in [-0.05, 0) is 24.6 Å². The molecule has 0 radical (unpaired) electrons. The quantitative estimate of drug-likeness (QED) is 0.335. The molecule has 2 aromatic rings. The molecular formula is C19H25F3IN5OS. The van der Waals surface area contributed by atoms with Crippen molar-refractivity contribution in [3.8, 4) is 0 Å². The molecule has 0 aliphatic heterocycles. The van der Waals surface area contributed by atoms with E-state index in [0.717, 1.165) is 22.8 Å². The lowest BCUT2D eigenvalue weighted by Gasteiger charge is -2.22. The van der Waals surface area contributed by atoms with Crippen molar-refractivity contribution in [1.82, 2.24) is 20.1 Å². The number of aromatic nitrogens is 1. The fraction of sp³-hybridized carbons (Fsp3) is 0.421. The molecule has 0 saturated heterocycles. The molecule has 30 heavy (non-hydrogen) atoms. The topological polar surface area (TPSA) is 60.8 Å². The average Bonchev–Trinajstić information content (AvgIpc) is 3.05. The molecule has 1 aromatic carbocycles. The van der Waals surface area contributed by atoms with Gasteiger partial charge in [0.2, 0.25) is 5.91 Å². The standard InChI is InChI=1S/C19H24F3N5OS.HI/c1-13-25-16(12-29-13)11-27(4)18(24-10-17(28)26(2)3)23-9-14-6-5-7-15(8-14)19(20,21)22;/h5-8,12H,9-11H2,1-4H3,(H,23,24);1H. The Labute approximate surface area is 195 Å². The Balaban J connectivity index is 0.00000450. The van der Waals surface area contributed by atoms with Crippen molar-refractivity contribution in [2.45, 2.75) is 26.2 Å². The van der Waals surface area contributed by atoms with E-state index >= 15 is 0 Å². The minimum atomic E-state index is -4.40. The number of rotatable bonds is 6. The molecule has 0 unspecified atom stereocenters. The normalized spacial score (nSPS) is 11.6. The number of amides is 1. The van der Waals surface area contributed by atoms with Gasteiger partial charge in [-0.1, -0.05) is 12.1 Å². The number of hydrogen-bond donors (Lipinski definition) is 1. The van der Waals surface area contributed by atoms with Crippen LogP contribution in [-0.4, -0.2) is 54.3 Å². The summed E-state index contributed by atoms with van der Waals surface area (Å²) >= 11 is 1.53. The maximum Gasteiger partial charge on any atom is 0.416 e. The predicted molar refractivity (Wildman–Crippen MR) is 123 cm³/mol. The van der Waals surface area contributed by atoms with Crippen LogP contribution in [0.3, 0.4) is 0 Å². The van der Waals surface area contributed by atoms with Crippen molar-refractivity contribution in [1.29, 1.82) is 0 Å². The van der Waals surface area contributed by atoms with Crippen molar-refractivity contribution < 1.29 is 18.0 Å². The summed E-state index contributed by atoms with van der Waals surface area (Å²) in [7, 11) is 5.07. The molecule has 1 heterocycles. The number of nitrogens with zero attached hydrogens (tertiary/aromatic N) is 4. The molecule has 0 bridgehead atoms. The van der Waals surface area contributed by atoms with E-state index in [9.17, 15) is 18.0 Å². The van der Waals surface area contributed by atoms with Gasteiger partial charge < -0.3 is 15.1 Å². The number of guanidine groups is 1. The smallest absolute Gasteiger partial charge is 0.347 e. The van der Waals surface area contributed by atoms with Gasteiger partial charge in [-0.15, -0.1) is 35.3 Å². The zero-order chi connectivity index (χ0) is 21.6. The molecular weight excluding hydrogens is 530 g/mol. The highest BCUT2D eigenvalue weighted by Crippen LogP contribution is 2.29. The van der Waals surface area contributed by atoms with Crippen molar-refractivity contribution in [3.63, 3.8) is 0 Å². The summed E-state index contributed by atoms with van der Waals surface area (Å²) < 4.78 is 38.8. The lowest BCUT2D eigenvalue weighted by Crippen LogP contribution is -2.43.